The van der Waals surface area contributed by atoms with Crippen LogP contribution in [0.25, 0.3) is 0 Å². The van der Waals surface area contributed by atoms with Gasteiger partial charge in [-0.3, -0.25) is 4.79 Å². The van der Waals surface area contributed by atoms with E-state index in [4.69, 9.17) is 9.47 Å². The number of nitrogens with one attached hydrogen (secondary N) is 2. The van der Waals surface area contributed by atoms with Gasteiger partial charge in [0, 0.05) is 13.1 Å². The summed E-state index contributed by atoms with van der Waals surface area (Å²) in [6, 6.07) is 19.2. The van der Waals surface area contributed by atoms with Crippen LogP contribution in [0, 0.1) is 0 Å². The van der Waals surface area contributed by atoms with Gasteiger partial charge in [0.05, 0.1) is 26.1 Å². The lowest BCUT2D eigenvalue weighted by atomic mass is 10.1. The van der Waals surface area contributed by atoms with Crippen molar-refractivity contribution in [2.24, 2.45) is 0 Å². The Morgan fingerprint density at radius 3 is 2.03 bits per heavy atom. The summed E-state index contributed by atoms with van der Waals surface area (Å²) < 4.78 is 10.3. The summed E-state index contributed by atoms with van der Waals surface area (Å²) in [6.07, 6.45) is 2.56. The van der Waals surface area contributed by atoms with Gasteiger partial charge in [-0.25, -0.2) is 4.98 Å². The lowest BCUT2D eigenvalue weighted by molar-refractivity contribution is 0.0946. The van der Waals surface area contributed by atoms with E-state index in [1.165, 1.54) is 5.56 Å². The van der Waals surface area contributed by atoms with E-state index in [-0.39, 0.29) is 5.91 Å². The fourth-order valence-electron chi connectivity index (χ4n) is 2.79. The summed E-state index contributed by atoms with van der Waals surface area (Å²) in [5.41, 5.74) is 3.49. The predicted molar refractivity (Wildman–Crippen MR) is 114 cm³/mol. The number of hydrogen-bond donors (Lipinski definition) is 2. The highest BCUT2D eigenvalue weighted by Gasteiger charge is 2.07. The van der Waals surface area contributed by atoms with Crippen LogP contribution in [0.3, 0.4) is 0 Å². The van der Waals surface area contributed by atoms with E-state index in [9.17, 15) is 4.79 Å². The van der Waals surface area contributed by atoms with Gasteiger partial charge in [-0.2, -0.15) is 0 Å². The summed E-state index contributed by atoms with van der Waals surface area (Å²) in [5.74, 6) is 1.44. The summed E-state index contributed by atoms with van der Waals surface area (Å²) in [7, 11) is 3.28. The summed E-state index contributed by atoms with van der Waals surface area (Å²) in [6.45, 7) is 1.21. The van der Waals surface area contributed by atoms with Crippen LogP contribution in [0.4, 0.5) is 5.69 Å². The van der Waals surface area contributed by atoms with Crippen LogP contribution in [-0.2, 0) is 13.0 Å². The third-order valence-electron chi connectivity index (χ3n) is 4.51. The molecule has 6 heteroatoms. The normalized spacial score (nSPS) is 10.3. The van der Waals surface area contributed by atoms with Gasteiger partial charge >= 0.3 is 0 Å². The first-order valence-corrected chi connectivity index (χ1v) is 9.42. The number of carbonyl (C=O) groups is 1. The molecule has 0 aliphatic rings. The van der Waals surface area contributed by atoms with Crippen LogP contribution in [0.1, 0.15) is 21.6 Å². The molecule has 0 bridgehead atoms. The second-order valence-electron chi connectivity index (χ2n) is 6.49. The maximum atomic E-state index is 12.3. The number of methoxy groups -OCH3 is 2. The standard InChI is InChI=1S/C23H25N3O3/c1-28-20-8-3-17(4-9-20)13-14-24-19-7-12-22(25-16-19)23(27)26-15-18-5-10-21(29-2)11-6-18/h3-12,16,24H,13-15H2,1-2H3,(H,26,27). The van der Waals surface area contributed by atoms with Crippen LogP contribution in [0.5, 0.6) is 11.5 Å². The Bertz CT molecular complexity index is 908. The van der Waals surface area contributed by atoms with E-state index in [0.717, 1.165) is 35.7 Å². The van der Waals surface area contributed by atoms with Crippen LogP contribution < -0.4 is 20.1 Å². The quantitative estimate of drug-likeness (QED) is 0.582. The Balaban J connectivity index is 1.45. The number of carbonyl (C=O) groups excluding carboxylic acids is 1. The van der Waals surface area contributed by atoms with E-state index in [1.54, 1.807) is 26.5 Å². The Morgan fingerprint density at radius 1 is 0.862 bits per heavy atom. The van der Waals surface area contributed by atoms with Gasteiger partial charge in [0.25, 0.3) is 5.91 Å². The zero-order valence-electron chi connectivity index (χ0n) is 16.6. The molecule has 1 aromatic heterocycles. The molecule has 150 valence electrons. The van der Waals surface area contributed by atoms with Gasteiger partial charge < -0.3 is 20.1 Å². The van der Waals surface area contributed by atoms with Gasteiger partial charge in [0.1, 0.15) is 17.2 Å². The smallest absolute Gasteiger partial charge is 0.270 e. The minimum Gasteiger partial charge on any atom is -0.497 e. The molecule has 0 radical (unpaired) electrons. The fraction of sp³-hybridized carbons (Fsp3) is 0.217. The Hall–Kier alpha value is -3.54. The number of rotatable bonds is 9. The van der Waals surface area contributed by atoms with E-state index in [2.05, 4.69) is 27.8 Å². The number of amides is 1. The fourth-order valence-corrected chi connectivity index (χ4v) is 2.79. The molecule has 3 rings (SSSR count). The molecule has 0 atom stereocenters. The molecule has 0 saturated carbocycles. The summed E-state index contributed by atoms with van der Waals surface area (Å²) in [5, 5.41) is 6.19. The van der Waals surface area contributed by atoms with Gasteiger partial charge in [-0.1, -0.05) is 24.3 Å². The molecule has 0 fully saturated rings. The highest BCUT2D eigenvalue weighted by molar-refractivity contribution is 5.92. The minimum atomic E-state index is -0.203. The lowest BCUT2D eigenvalue weighted by Gasteiger charge is -2.09. The van der Waals surface area contributed by atoms with E-state index in [1.807, 2.05) is 42.5 Å². The Labute approximate surface area is 170 Å². The zero-order valence-corrected chi connectivity index (χ0v) is 16.6. The number of aromatic nitrogens is 1. The average molecular weight is 391 g/mol. The third kappa shape index (κ3) is 5.97. The maximum absolute atomic E-state index is 12.3. The van der Waals surface area contributed by atoms with Gasteiger partial charge in [-0.15, -0.1) is 0 Å². The molecule has 29 heavy (non-hydrogen) atoms. The Morgan fingerprint density at radius 2 is 1.48 bits per heavy atom. The first-order chi connectivity index (χ1) is 14.2. The SMILES string of the molecule is COc1ccc(CCNc2ccc(C(=O)NCc3ccc(OC)cc3)nc2)cc1. The van der Waals surface area contributed by atoms with Crippen molar-refractivity contribution in [2.45, 2.75) is 13.0 Å². The molecule has 2 N–H and O–H groups in total. The topological polar surface area (TPSA) is 72.5 Å². The predicted octanol–water partition coefficient (Wildman–Crippen LogP) is 3.68. The van der Waals surface area contributed by atoms with Crippen LogP contribution in [0.2, 0.25) is 0 Å². The zero-order chi connectivity index (χ0) is 20.5. The Kier molecular flexibility index (Phi) is 7.05. The second kappa shape index (κ2) is 10.1. The van der Waals surface area contributed by atoms with Crippen molar-refractivity contribution in [3.05, 3.63) is 83.7 Å². The van der Waals surface area contributed by atoms with Crippen molar-refractivity contribution in [1.82, 2.24) is 10.3 Å². The highest BCUT2D eigenvalue weighted by Crippen LogP contribution is 2.13. The molecule has 3 aromatic rings. The largest absolute Gasteiger partial charge is 0.497 e. The van der Waals surface area contributed by atoms with E-state index >= 15 is 0 Å². The van der Waals surface area contributed by atoms with E-state index < -0.39 is 0 Å². The molecule has 0 unspecified atom stereocenters. The molecule has 6 nitrogen and oxygen atoms in total. The molecule has 2 aromatic carbocycles. The third-order valence-corrected chi connectivity index (χ3v) is 4.51. The number of ether oxygens (including phenoxy) is 2. The van der Waals surface area contributed by atoms with Crippen LogP contribution in [0.15, 0.2) is 66.9 Å². The highest BCUT2D eigenvalue weighted by atomic mass is 16.5. The minimum absolute atomic E-state index is 0.203. The molecule has 1 amide bonds. The van der Waals surface area contributed by atoms with Gasteiger partial charge in [0.2, 0.25) is 0 Å². The van der Waals surface area contributed by atoms with Crippen molar-refractivity contribution >= 4 is 11.6 Å². The molecule has 0 spiro atoms. The average Bonchev–Trinajstić information content (AvgIpc) is 2.78. The molecule has 0 saturated heterocycles. The van der Waals surface area contributed by atoms with Crippen molar-refractivity contribution < 1.29 is 14.3 Å². The number of pyridine rings is 1. The van der Waals surface area contributed by atoms with Crippen LogP contribution >= 0.6 is 0 Å². The van der Waals surface area contributed by atoms with Gasteiger partial charge in [-0.05, 0) is 53.9 Å². The molecule has 1 heterocycles. The summed E-state index contributed by atoms with van der Waals surface area (Å²) >= 11 is 0. The van der Waals surface area contributed by atoms with Crippen molar-refractivity contribution in [1.29, 1.82) is 0 Å². The number of hydrogen-bond acceptors (Lipinski definition) is 5. The number of anilines is 1. The number of benzene rings is 2. The molecule has 0 aliphatic carbocycles. The molecular formula is C23H25N3O3. The van der Waals surface area contributed by atoms with Crippen molar-refractivity contribution in [3.63, 3.8) is 0 Å². The molecular weight excluding hydrogens is 366 g/mol. The first-order valence-electron chi connectivity index (χ1n) is 9.42. The van der Waals surface area contributed by atoms with E-state index in [0.29, 0.717) is 12.2 Å². The van der Waals surface area contributed by atoms with Crippen LogP contribution in [-0.4, -0.2) is 31.7 Å². The summed E-state index contributed by atoms with van der Waals surface area (Å²) in [4.78, 5) is 16.5. The monoisotopic (exact) mass is 391 g/mol. The number of nitrogens with zero attached hydrogens (tertiary/aromatic N) is 1. The van der Waals surface area contributed by atoms with Gasteiger partial charge in [0.15, 0.2) is 0 Å². The maximum Gasteiger partial charge on any atom is 0.270 e. The van der Waals surface area contributed by atoms with Crippen molar-refractivity contribution in [2.75, 3.05) is 26.1 Å². The lowest BCUT2D eigenvalue weighted by Crippen LogP contribution is -2.23. The second-order valence-corrected chi connectivity index (χ2v) is 6.49. The van der Waals surface area contributed by atoms with Crippen molar-refractivity contribution in [3.8, 4) is 11.5 Å². The first kappa shape index (κ1) is 20.2. The molecule has 0 aliphatic heterocycles.